The van der Waals surface area contributed by atoms with Crippen LogP contribution in [0.2, 0.25) is 0 Å². The van der Waals surface area contributed by atoms with Crippen molar-refractivity contribution in [3.63, 3.8) is 0 Å². The third-order valence-electron chi connectivity index (χ3n) is 11.5. The number of nitrogens with one attached hydrogen (secondary N) is 1. The van der Waals surface area contributed by atoms with Crippen LogP contribution < -0.4 is 5.32 Å². The fourth-order valence-electron chi connectivity index (χ4n) is 9.37. The number of hydrogen-bond acceptors (Lipinski definition) is 4. The molecule has 0 radical (unpaired) electrons. The number of carbonyl (C=O) groups is 2. The Bertz CT molecular complexity index is 939. The van der Waals surface area contributed by atoms with E-state index in [-0.39, 0.29) is 24.7 Å². The molecular formula is C34H55NO4. The third kappa shape index (κ3) is 6.43. The molecule has 0 aliphatic heterocycles. The van der Waals surface area contributed by atoms with Crippen LogP contribution in [-0.4, -0.2) is 31.3 Å². The number of alkyl carbamates (subject to hydrolysis) is 1. The van der Waals surface area contributed by atoms with Gasteiger partial charge < -0.3 is 14.8 Å². The normalized spacial score (nSPS) is 36.2. The molecule has 4 rings (SSSR count). The van der Waals surface area contributed by atoms with Crippen molar-refractivity contribution in [2.24, 2.45) is 46.3 Å². The lowest BCUT2D eigenvalue weighted by molar-refractivity contribution is -0.138. The van der Waals surface area contributed by atoms with E-state index in [0.717, 1.165) is 54.8 Å². The van der Waals surface area contributed by atoms with Crippen LogP contribution in [0.15, 0.2) is 23.8 Å². The Morgan fingerprint density at radius 2 is 1.85 bits per heavy atom. The number of rotatable bonds is 10. The Hall–Kier alpha value is -1.78. The Kier molecular flexibility index (Phi) is 9.59. The van der Waals surface area contributed by atoms with Crippen LogP contribution in [0.5, 0.6) is 0 Å². The molecule has 0 saturated heterocycles. The van der Waals surface area contributed by atoms with E-state index in [1.165, 1.54) is 56.9 Å². The first-order valence-corrected chi connectivity index (χ1v) is 15.9. The van der Waals surface area contributed by atoms with E-state index in [1.54, 1.807) is 6.92 Å². The largest absolute Gasteiger partial charge is 0.460 e. The summed E-state index contributed by atoms with van der Waals surface area (Å²) in [6.45, 7) is 18.0. The number of fused-ring (bicyclic) bond motifs is 5. The minimum absolute atomic E-state index is 0.0738. The van der Waals surface area contributed by atoms with E-state index in [0.29, 0.717) is 11.0 Å². The van der Waals surface area contributed by atoms with Gasteiger partial charge >= 0.3 is 12.1 Å². The second-order valence-corrected chi connectivity index (χ2v) is 14.4. The van der Waals surface area contributed by atoms with Crippen LogP contribution in [0, 0.1) is 46.3 Å². The van der Waals surface area contributed by atoms with Crippen molar-refractivity contribution >= 4 is 12.1 Å². The maximum absolute atomic E-state index is 12.4. The summed E-state index contributed by atoms with van der Waals surface area (Å²) in [5, 5.41) is 2.72. The van der Waals surface area contributed by atoms with E-state index < -0.39 is 12.1 Å². The second-order valence-electron chi connectivity index (χ2n) is 14.4. The molecule has 0 spiro atoms. The van der Waals surface area contributed by atoms with Gasteiger partial charge in [-0.15, -0.1) is 0 Å². The van der Waals surface area contributed by atoms with Crippen LogP contribution in [0.3, 0.4) is 0 Å². The van der Waals surface area contributed by atoms with Crippen LogP contribution in [0.4, 0.5) is 4.79 Å². The van der Waals surface area contributed by atoms with Gasteiger partial charge in [0.15, 0.2) is 0 Å². The predicted octanol–water partition coefficient (Wildman–Crippen LogP) is 8.24. The van der Waals surface area contributed by atoms with Crippen molar-refractivity contribution in [2.75, 3.05) is 13.2 Å². The second kappa shape index (κ2) is 12.4. The number of carbonyl (C=O) groups excluding carboxylic acids is 2. The van der Waals surface area contributed by atoms with Gasteiger partial charge in [0.2, 0.25) is 0 Å². The summed E-state index contributed by atoms with van der Waals surface area (Å²) >= 11 is 0. The fraction of sp³-hybridized carbons (Fsp3) is 0.824. The van der Waals surface area contributed by atoms with Gasteiger partial charge in [-0.25, -0.2) is 9.59 Å². The Morgan fingerprint density at radius 3 is 2.56 bits per heavy atom. The van der Waals surface area contributed by atoms with Gasteiger partial charge in [-0.3, -0.25) is 0 Å². The van der Waals surface area contributed by atoms with Crippen LogP contribution in [0.25, 0.3) is 0 Å². The minimum atomic E-state index is -0.438. The highest BCUT2D eigenvalue weighted by Crippen LogP contribution is 2.67. The summed E-state index contributed by atoms with van der Waals surface area (Å²) in [6.07, 6.45) is 15.9. The zero-order chi connectivity index (χ0) is 28.4. The van der Waals surface area contributed by atoms with Crippen molar-refractivity contribution in [1.29, 1.82) is 0 Å². The Morgan fingerprint density at radius 1 is 1.08 bits per heavy atom. The molecule has 0 heterocycles. The topological polar surface area (TPSA) is 64.6 Å². The van der Waals surface area contributed by atoms with Gasteiger partial charge in [0, 0.05) is 12.0 Å². The fourth-order valence-corrected chi connectivity index (χ4v) is 9.37. The summed E-state index contributed by atoms with van der Waals surface area (Å²) in [7, 11) is 0. The number of hydrogen-bond donors (Lipinski definition) is 1. The minimum Gasteiger partial charge on any atom is -0.460 e. The van der Waals surface area contributed by atoms with Crippen LogP contribution >= 0.6 is 0 Å². The van der Waals surface area contributed by atoms with Gasteiger partial charge in [-0.2, -0.15) is 0 Å². The molecule has 0 bridgehead atoms. The first-order valence-electron chi connectivity index (χ1n) is 15.9. The van der Waals surface area contributed by atoms with Gasteiger partial charge in [-0.1, -0.05) is 72.1 Å². The number of amides is 1. The van der Waals surface area contributed by atoms with Gasteiger partial charge in [-0.05, 0) is 98.2 Å². The molecule has 0 aromatic carbocycles. The monoisotopic (exact) mass is 541 g/mol. The molecule has 8 atom stereocenters. The molecule has 0 aromatic heterocycles. The van der Waals surface area contributed by atoms with E-state index >= 15 is 0 Å². The van der Waals surface area contributed by atoms with Crippen LogP contribution in [0.1, 0.15) is 112 Å². The van der Waals surface area contributed by atoms with Crippen molar-refractivity contribution in [2.45, 2.75) is 118 Å². The molecule has 4 aliphatic carbocycles. The summed E-state index contributed by atoms with van der Waals surface area (Å²) in [6, 6.07) is 0. The molecule has 5 nitrogen and oxygen atoms in total. The molecular weight excluding hydrogens is 486 g/mol. The lowest BCUT2D eigenvalue weighted by atomic mass is 9.47. The van der Waals surface area contributed by atoms with E-state index in [9.17, 15) is 9.59 Å². The highest BCUT2D eigenvalue weighted by atomic mass is 16.6. The zero-order valence-electron chi connectivity index (χ0n) is 25.7. The number of allylic oxidation sites excluding steroid dienone is 1. The third-order valence-corrected chi connectivity index (χ3v) is 11.5. The van der Waals surface area contributed by atoms with Crippen molar-refractivity contribution in [3.8, 4) is 0 Å². The predicted molar refractivity (Wildman–Crippen MR) is 157 cm³/mol. The molecule has 0 aromatic rings. The maximum atomic E-state index is 12.4. The molecule has 39 heavy (non-hydrogen) atoms. The quantitative estimate of drug-likeness (QED) is 0.131. The zero-order valence-corrected chi connectivity index (χ0v) is 25.7. The van der Waals surface area contributed by atoms with Gasteiger partial charge in [0.05, 0.1) is 6.54 Å². The lowest BCUT2D eigenvalue weighted by Gasteiger charge is -2.58. The Balaban J connectivity index is 1.32. The van der Waals surface area contributed by atoms with E-state index in [1.807, 2.05) is 0 Å². The molecule has 5 heteroatoms. The average Bonchev–Trinajstić information content (AvgIpc) is 3.23. The van der Waals surface area contributed by atoms with Crippen LogP contribution in [-0.2, 0) is 14.3 Å². The van der Waals surface area contributed by atoms with E-state index in [2.05, 4.69) is 52.6 Å². The number of ether oxygens (including phenoxy) is 2. The maximum Gasteiger partial charge on any atom is 0.407 e. The SMILES string of the molecule is C=C(C)C(=O)OCCNC(=O)O[C@H]1CC[C@@]2(C)C(=CC[C@H]3[C@@H]4CC[C@H]([C@H](C)CCCC(C)C)[C@@]4(C)CC[C@@H]32)C1. The highest BCUT2D eigenvalue weighted by Gasteiger charge is 2.59. The first-order chi connectivity index (χ1) is 18.5. The molecule has 1 N–H and O–H groups in total. The van der Waals surface area contributed by atoms with Crippen molar-refractivity contribution < 1.29 is 19.1 Å². The summed E-state index contributed by atoms with van der Waals surface area (Å²) in [5.41, 5.74) is 2.64. The summed E-state index contributed by atoms with van der Waals surface area (Å²) in [4.78, 5) is 23.9. The van der Waals surface area contributed by atoms with Crippen molar-refractivity contribution in [1.82, 2.24) is 5.32 Å². The summed E-state index contributed by atoms with van der Waals surface area (Å²) in [5.74, 6) is 4.56. The molecule has 3 saturated carbocycles. The van der Waals surface area contributed by atoms with Gasteiger partial charge in [0.1, 0.15) is 12.7 Å². The first kappa shape index (κ1) is 30.2. The van der Waals surface area contributed by atoms with E-state index in [4.69, 9.17) is 9.47 Å². The highest BCUT2D eigenvalue weighted by molar-refractivity contribution is 5.86. The lowest BCUT2D eigenvalue weighted by Crippen LogP contribution is -2.51. The average molecular weight is 542 g/mol. The molecule has 220 valence electrons. The van der Waals surface area contributed by atoms with Gasteiger partial charge in [0.25, 0.3) is 0 Å². The molecule has 0 unspecified atom stereocenters. The molecule has 1 amide bonds. The number of esters is 1. The molecule has 4 aliphatic rings. The molecule has 3 fully saturated rings. The summed E-state index contributed by atoms with van der Waals surface area (Å²) < 4.78 is 10.8. The van der Waals surface area contributed by atoms with Crippen molar-refractivity contribution in [3.05, 3.63) is 23.8 Å². The Labute approximate surface area is 237 Å². The smallest absolute Gasteiger partial charge is 0.407 e. The standard InChI is InChI=1S/C34H55NO4/c1-22(2)9-8-10-24(5)28-13-14-29-27-12-11-25-21-26(39-32(37)35-19-20-38-31(36)23(3)4)15-17-33(25,6)30(27)16-18-34(28,29)7/h11,22,24,26-30H,3,8-10,12-21H2,1-2,4-7H3,(H,35,37)/t24-,26+,27+,28-,29+,30+,33+,34-/m1/s1.